The van der Waals surface area contributed by atoms with Crippen LogP contribution in [0.5, 0.6) is 0 Å². The molecule has 1 aliphatic heterocycles. The topological polar surface area (TPSA) is 21.3 Å². The lowest BCUT2D eigenvalue weighted by Crippen LogP contribution is -2.18. The third kappa shape index (κ3) is 3.00. The number of fused-ring (bicyclic) bond motifs is 1. The van der Waals surface area contributed by atoms with E-state index < -0.39 is 0 Å². The molecule has 20 heavy (non-hydrogen) atoms. The first kappa shape index (κ1) is 13.5. The van der Waals surface area contributed by atoms with E-state index in [0.717, 1.165) is 11.5 Å². The van der Waals surface area contributed by atoms with Crippen LogP contribution in [0.3, 0.4) is 0 Å². The smallest absolute Gasteiger partial charge is 0.0713 e. The summed E-state index contributed by atoms with van der Waals surface area (Å²) in [6.07, 6.45) is 0. The summed E-state index contributed by atoms with van der Waals surface area (Å²) in [6.45, 7) is 0.658. The zero-order valence-corrected chi connectivity index (χ0v) is 12.5. The van der Waals surface area contributed by atoms with Crippen molar-refractivity contribution in [3.8, 4) is 0 Å². The van der Waals surface area contributed by atoms with Crippen molar-refractivity contribution in [2.24, 2.45) is 0 Å². The predicted octanol–water partition coefficient (Wildman–Crippen LogP) is 4.23. The highest BCUT2D eigenvalue weighted by Gasteiger charge is 2.19. The highest BCUT2D eigenvalue weighted by Crippen LogP contribution is 2.33. The fourth-order valence-electron chi connectivity index (χ4n) is 2.62. The molecular weight excluding hydrogens is 266 g/mol. The Labute approximate surface area is 124 Å². The number of hydrogen-bond acceptors (Lipinski definition) is 3. The Hall–Kier alpha value is -1.45. The van der Waals surface area contributed by atoms with Crippen LogP contribution in [0.4, 0.5) is 5.69 Å². The minimum atomic E-state index is 0.391. The van der Waals surface area contributed by atoms with Crippen molar-refractivity contribution in [2.75, 3.05) is 18.2 Å². The second kappa shape index (κ2) is 6.33. The van der Waals surface area contributed by atoms with Gasteiger partial charge >= 0.3 is 0 Å². The van der Waals surface area contributed by atoms with E-state index in [9.17, 15) is 0 Å². The molecule has 0 fully saturated rings. The minimum Gasteiger partial charge on any atom is -0.380 e. The van der Waals surface area contributed by atoms with E-state index in [1.807, 2.05) is 11.8 Å². The first-order valence-electron chi connectivity index (χ1n) is 6.87. The molecule has 1 heterocycles. The number of rotatable bonds is 4. The zero-order valence-electron chi connectivity index (χ0n) is 11.6. The molecule has 2 nitrogen and oxygen atoms in total. The summed E-state index contributed by atoms with van der Waals surface area (Å²) in [5, 5.41) is 3.66. The monoisotopic (exact) mass is 285 g/mol. The van der Waals surface area contributed by atoms with Gasteiger partial charge in [-0.15, -0.1) is 0 Å². The van der Waals surface area contributed by atoms with Crippen molar-refractivity contribution in [1.82, 2.24) is 0 Å². The third-order valence-electron chi connectivity index (χ3n) is 3.55. The van der Waals surface area contributed by atoms with Crippen LogP contribution in [-0.4, -0.2) is 12.9 Å². The number of methoxy groups -OCH3 is 1. The normalized spacial score (nSPS) is 17.6. The molecule has 0 amide bonds. The summed E-state index contributed by atoms with van der Waals surface area (Å²) >= 11 is 1.99. The average molecular weight is 285 g/mol. The number of benzene rings is 2. The molecule has 0 aliphatic carbocycles. The van der Waals surface area contributed by atoms with Crippen LogP contribution in [0.15, 0.2) is 48.5 Å². The Balaban J connectivity index is 1.80. The highest BCUT2D eigenvalue weighted by molar-refractivity contribution is 7.98. The van der Waals surface area contributed by atoms with E-state index >= 15 is 0 Å². The zero-order chi connectivity index (χ0) is 13.8. The molecule has 2 aromatic carbocycles. The van der Waals surface area contributed by atoms with Gasteiger partial charge in [-0.2, -0.15) is 11.8 Å². The summed E-state index contributed by atoms with van der Waals surface area (Å²) in [7, 11) is 1.73. The Kier molecular flexibility index (Phi) is 4.28. The molecule has 0 aromatic heterocycles. The Morgan fingerprint density at radius 1 is 1.20 bits per heavy atom. The van der Waals surface area contributed by atoms with Crippen molar-refractivity contribution in [3.63, 3.8) is 0 Å². The Morgan fingerprint density at radius 3 is 3.00 bits per heavy atom. The fraction of sp³-hybridized carbons (Fsp3) is 0.294. The molecule has 1 aliphatic rings. The van der Waals surface area contributed by atoms with Crippen molar-refractivity contribution < 1.29 is 4.74 Å². The van der Waals surface area contributed by atoms with Gasteiger partial charge in [0, 0.05) is 24.3 Å². The molecule has 0 saturated carbocycles. The van der Waals surface area contributed by atoms with Gasteiger partial charge in [0.25, 0.3) is 0 Å². The lowest BCUT2D eigenvalue weighted by atomic mass is 10.0. The lowest BCUT2D eigenvalue weighted by molar-refractivity contribution is 0.185. The van der Waals surface area contributed by atoms with Crippen molar-refractivity contribution in [3.05, 3.63) is 65.2 Å². The summed E-state index contributed by atoms with van der Waals surface area (Å²) in [5.74, 6) is 2.24. The molecule has 2 aromatic rings. The van der Waals surface area contributed by atoms with Gasteiger partial charge in [-0.1, -0.05) is 36.4 Å². The van der Waals surface area contributed by atoms with Crippen molar-refractivity contribution in [2.45, 2.75) is 18.4 Å². The Morgan fingerprint density at radius 2 is 2.10 bits per heavy atom. The molecule has 3 heteroatoms. The van der Waals surface area contributed by atoms with Gasteiger partial charge in [-0.05, 0) is 28.8 Å². The first-order chi connectivity index (χ1) is 9.86. The van der Waals surface area contributed by atoms with Crippen LogP contribution >= 0.6 is 11.8 Å². The van der Waals surface area contributed by atoms with Gasteiger partial charge in [0.05, 0.1) is 12.6 Å². The van der Waals surface area contributed by atoms with Crippen molar-refractivity contribution >= 4 is 17.4 Å². The molecule has 1 atom stereocenters. The van der Waals surface area contributed by atoms with E-state index in [0.29, 0.717) is 12.6 Å². The number of anilines is 1. The molecule has 0 spiro atoms. The van der Waals surface area contributed by atoms with E-state index in [1.54, 1.807) is 7.11 Å². The largest absolute Gasteiger partial charge is 0.380 e. The molecular formula is C17H19NOS. The van der Waals surface area contributed by atoms with Gasteiger partial charge in [0.15, 0.2) is 0 Å². The van der Waals surface area contributed by atoms with Crippen molar-refractivity contribution in [1.29, 1.82) is 0 Å². The maximum Gasteiger partial charge on any atom is 0.0713 e. The predicted molar refractivity (Wildman–Crippen MR) is 86.1 cm³/mol. The lowest BCUT2D eigenvalue weighted by Gasteiger charge is -2.27. The van der Waals surface area contributed by atoms with Gasteiger partial charge in [-0.3, -0.25) is 0 Å². The van der Waals surface area contributed by atoms with Crippen LogP contribution in [0, 0.1) is 0 Å². The summed E-state index contributed by atoms with van der Waals surface area (Å²) in [6, 6.07) is 17.6. The fourth-order valence-corrected chi connectivity index (χ4v) is 3.72. The van der Waals surface area contributed by atoms with Crippen LogP contribution < -0.4 is 5.32 Å². The molecule has 1 unspecified atom stereocenters. The van der Waals surface area contributed by atoms with Crippen LogP contribution in [0.1, 0.15) is 22.7 Å². The minimum absolute atomic E-state index is 0.391. The number of thioether (sulfide) groups is 1. The molecule has 0 radical (unpaired) electrons. The third-order valence-corrected chi connectivity index (χ3v) is 4.64. The number of hydrogen-bond donors (Lipinski definition) is 1. The maximum absolute atomic E-state index is 5.20. The van der Waals surface area contributed by atoms with Gasteiger partial charge in [0.1, 0.15) is 0 Å². The molecule has 1 N–H and O–H groups in total. The van der Waals surface area contributed by atoms with E-state index in [2.05, 4.69) is 53.8 Å². The second-order valence-corrected chi connectivity index (χ2v) is 6.07. The Bertz CT molecular complexity index is 585. The van der Waals surface area contributed by atoms with E-state index in [-0.39, 0.29) is 0 Å². The standard InChI is InChI=1S/C17H19NOS/c1-19-10-13-5-4-7-15(9-13)18-17-12-20-11-14-6-2-3-8-16(14)17/h2-9,17-18H,10-12H2,1H3. The highest BCUT2D eigenvalue weighted by atomic mass is 32.2. The van der Waals surface area contributed by atoms with Gasteiger partial charge in [-0.25, -0.2) is 0 Å². The van der Waals surface area contributed by atoms with Crippen LogP contribution in [0.25, 0.3) is 0 Å². The molecule has 3 rings (SSSR count). The van der Waals surface area contributed by atoms with Gasteiger partial charge < -0.3 is 10.1 Å². The molecule has 0 bridgehead atoms. The number of nitrogens with one attached hydrogen (secondary N) is 1. The number of ether oxygens (including phenoxy) is 1. The second-order valence-electron chi connectivity index (χ2n) is 5.04. The first-order valence-corrected chi connectivity index (χ1v) is 8.02. The summed E-state index contributed by atoms with van der Waals surface area (Å²) < 4.78 is 5.20. The van der Waals surface area contributed by atoms with Crippen LogP contribution in [-0.2, 0) is 17.1 Å². The van der Waals surface area contributed by atoms with E-state index in [4.69, 9.17) is 4.74 Å². The van der Waals surface area contributed by atoms with Gasteiger partial charge in [0.2, 0.25) is 0 Å². The van der Waals surface area contributed by atoms with Crippen LogP contribution in [0.2, 0.25) is 0 Å². The maximum atomic E-state index is 5.20. The SMILES string of the molecule is COCc1cccc(NC2CSCc3ccccc32)c1. The van der Waals surface area contributed by atoms with E-state index in [1.165, 1.54) is 22.4 Å². The summed E-state index contributed by atoms with van der Waals surface area (Å²) in [5.41, 5.74) is 5.26. The molecule has 0 saturated heterocycles. The summed E-state index contributed by atoms with van der Waals surface area (Å²) in [4.78, 5) is 0. The molecule has 104 valence electrons. The average Bonchev–Trinajstić information content (AvgIpc) is 2.48. The quantitative estimate of drug-likeness (QED) is 0.908.